The largest absolute Gasteiger partial charge is 0.462 e. The zero-order valence-electron chi connectivity index (χ0n) is 11.5. The first-order valence-corrected chi connectivity index (χ1v) is 5.86. The molecule has 0 amide bonds. The van der Waals surface area contributed by atoms with Crippen molar-refractivity contribution >= 4 is 5.97 Å². The highest BCUT2D eigenvalue weighted by molar-refractivity contribution is 5.69. The van der Waals surface area contributed by atoms with Crippen molar-refractivity contribution in [3.8, 4) is 0 Å². The second-order valence-corrected chi connectivity index (χ2v) is 6.58. The van der Waals surface area contributed by atoms with E-state index in [1.165, 1.54) is 0 Å². The van der Waals surface area contributed by atoms with E-state index in [0.717, 1.165) is 6.42 Å². The molecule has 3 nitrogen and oxygen atoms in total. The van der Waals surface area contributed by atoms with Crippen LogP contribution in [0.2, 0.25) is 0 Å². The normalized spacial score (nSPS) is 14.7. The lowest BCUT2D eigenvalue weighted by molar-refractivity contribution is -0.157. The van der Waals surface area contributed by atoms with E-state index in [9.17, 15) is 4.79 Å². The van der Waals surface area contributed by atoms with Gasteiger partial charge in [0.25, 0.3) is 0 Å². The van der Waals surface area contributed by atoms with Gasteiger partial charge in [0.15, 0.2) is 0 Å². The molecule has 1 unspecified atom stereocenters. The molecule has 16 heavy (non-hydrogen) atoms. The minimum Gasteiger partial charge on any atom is -0.462 e. The van der Waals surface area contributed by atoms with Crippen LogP contribution in [0.25, 0.3) is 0 Å². The number of esters is 1. The number of aliphatic hydroxyl groups is 1. The van der Waals surface area contributed by atoms with E-state index < -0.39 is 0 Å². The average molecular weight is 230 g/mol. The van der Waals surface area contributed by atoms with Crippen molar-refractivity contribution in [3.63, 3.8) is 0 Å². The van der Waals surface area contributed by atoms with Gasteiger partial charge in [0, 0.05) is 0 Å². The fraction of sp³-hybridized carbons (Fsp3) is 0.923. The Balaban J connectivity index is 4.52. The Morgan fingerprint density at radius 2 is 1.69 bits per heavy atom. The molecule has 0 rings (SSSR count). The summed E-state index contributed by atoms with van der Waals surface area (Å²) < 4.78 is 5.43. The summed E-state index contributed by atoms with van der Waals surface area (Å²) in [6, 6.07) is 0. The highest BCUT2D eigenvalue weighted by Crippen LogP contribution is 2.32. The second-order valence-electron chi connectivity index (χ2n) is 6.58. The van der Waals surface area contributed by atoms with Crippen LogP contribution >= 0.6 is 0 Å². The first kappa shape index (κ1) is 15.4. The van der Waals surface area contributed by atoms with Gasteiger partial charge in [-0.3, -0.25) is 4.79 Å². The molecule has 0 aliphatic rings. The topological polar surface area (TPSA) is 46.5 Å². The van der Waals surface area contributed by atoms with Crippen molar-refractivity contribution in [1.29, 1.82) is 0 Å². The van der Waals surface area contributed by atoms with E-state index in [0.29, 0.717) is 0 Å². The summed E-state index contributed by atoms with van der Waals surface area (Å²) in [6.45, 7) is 12.4. The SMILES string of the molecule is CC(C)(C)CC(OC(=O)CCO)C(C)(C)C. The van der Waals surface area contributed by atoms with E-state index in [-0.39, 0.29) is 35.9 Å². The standard InChI is InChI=1S/C13H26O3/c1-12(2,3)9-10(13(4,5)6)16-11(15)7-8-14/h10,14H,7-9H2,1-6H3. The zero-order valence-corrected chi connectivity index (χ0v) is 11.5. The maximum atomic E-state index is 11.4. The molecular weight excluding hydrogens is 204 g/mol. The summed E-state index contributed by atoms with van der Waals surface area (Å²) in [5, 5.41) is 8.68. The second kappa shape index (κ2) is 5.67. The van der Waals surface area contributed by atoms with Gasteiger partial charge in [0.05, 0.1) is 13.0 Å². The number of hydrogen-bond donors (Lipinski definition) is 1. The summed E-state index contributed by atoms with van der Waals surface area (Å²) in [6.07, 6.45) is 0.802. The Labute approximate surface area is 99.2 Å². The molecule has 0 radical (unpaired) electrons. The van der Waals surface area contributed by atoms with Crippen LogP contribution in [-0.2, 0) is 9.53 Å². The molecule has 1 N–H and O–H groups in total. The maximum absolute atomic E-state index is 11.4. The Morgan fingerprint density at radius 3 is 2.00 bits per heavy atom. The molecule has 0 aliphatic heterocycles. The first-order chi connectivity index (χ1) is 7.06. The van der Waals surface area contributed by atoms with Gasteiger partial charge in [0.1, 0.15) is 6.10 Å². The monoisotopic (exact) mass is 230 g/mol. The lowest BCUT2D eigenvalue weighted by atomic mass is 9.78. The van der Waals surface area contributed by atoms with Gasteiger partial charge in [0.2, 0.25) is 0 Å². The van der Waals surface area contributed by atoms with Crippen molar-refractivity contribution in [3.05, 3.63) is 0 Å². The maximum Gasteiger partial charge on any atom is 0.308 e. The molecule has 0 saturated heterocycles. The van der Waals surface area contributed by atoms with E-state index in [4.69, 9.17) is 9.84 Å². The number of ether oxygens (including phenoxy) is 1. The van der Waals surface area contributed by atoms with Crippen molar-refractivity contribution in [1.82, 2.24) is 0 Å². The third-order valence-corrected chi connectivity index (χ3v) is 2.35. The average Bonchev–Trinajstić information content (AvgIpc) is 1.98. The Morgan fingerprint density at radius 1 is 1.19 bits per heavy atom. The predicted molar refractivity (Wildman–Crippen MR) is 65.1 cm³/mol. The van der Waals surface area contributed by atoms with Crippen molar-refractivity contribution < 1.29 is 14.6 Å². The van der Waals surface area contributed by atoms with Gasteiger partial charge >= 0.3 is 5.97 Å². The highest BCUT2D eigenvalue weighted by Gasteiger charge is 2.31. The molecule has 0 fully saturated rings. The number of hydrogen-bond acceptors (Lipinski definition) is 3. The number of rotatable bonds is 4. The van der Waals surface area contributed by atoms with E-state index >= 15 is 0 Å². The van der Waals surface area contributed by atoms with Crippen LogP contribution in [0.5, 0.6) is 0 Å². The first-order valence-electron chi connectivity index (χ1n) is 5.86. The molecule has 96 valence electrons. The van der Waals surface area contributed by atoms with Gasteiger partial charge in [-0.1, -0.05) is 41.5 Å². The fourth-order valence-electron chi connectivity index (χ4n) is 1.39. The smallest absolute Gasteiger partial charge is 0.308 e. The number of aliphatic hydroxyl groups excluding tert-OH is 1. The molecule has 0 aromatic rings. The summed E-state index contributed by atoms with van der Waals surface area (Å²) in [5.74, 6) is -0.313. The summed E-state index contributed by atoms with van der Waals surface area (Å²) in [7, 11) is 0. The lowest BCUT2D eigenvalue weighted by Crippen LogP contribution is -2.35. The molecule has 0 heterocycles. The molecule has 0 aromatic heterocycles. The quantitative estimate of drug-likeness (QED) is 0.755. The Hall–Kier alpha value is -0.570. The predicted octanol–water partition coefficient (Wildman–Crippen LogP) is 2.76. The van der Waals surface area contributed by atoms with Crippen molar-refractivity contribution in [2.45, 2.75) is 60.5 Å². The van der Waals surface area contributed by atoms with Crippen LogP contribution in [0.3, 0.4) is 0 Å². The van der Waals surface area contributed by atoms with Crippen molar-refractivity contribution in [2.24, 2.45) is 10.8 Å². The van der Waals surface area contributed by atoms with Gasteiger partial charge in [-0.15, -0.1) is 0 Å². The van der Waals surface area contributed by atoms with Gasteiger partial charge < -0.3 is 9.84 Å². The molecule has 1 atom stereocenters. The van der Waals surface area contributed by atoms with Crippen LogP contribution in [0.1, 0.15) is 54.4 Å². The van der Waals surface area contributed by atoms with Crippen LogP contribution in [0.15, 0.2) is 0 Å². The number of carbonyl (C=O) groups excluding carboxylic acids is 1. The van der Waals surface area contributed by atoms with Crippen LogP contribution in [0.4, 0.5) is 0 Å². The van der Waals surface area contributed by atoms with E-state index in [1.807, 2.05) is 0 Å². The molecule has 0 spiro atoms. The van der Waals surface area contributed by atoms with Gasteiger partial charge in [-0.2, -0.15) is 0 Å². The molecule has 0 aliphatic carbocycles. The minimum atomic E-state index is -0.313. The van der Waals surface area contributed by atoms with Gasteiger partial charge in [-0.25, -0.2) is 0 Å². The Bertz CT molecular complexity index is 220. The third kappa shape index (κ3) is 6.83. The third-order valence-electron chi connectivity index (χ3n) is 2.35. The molecule has 3 heteroatoms. The fourth-order valence-corrected chi connectivity index (χ4v) is 1.39. The van der Waals surface area contributed by atoms with E-state index in [1.54, 1.807) is 0 Å². The van der Waals surface area contributed by atoms with Crippen molar-refractivity contribution in [2.75, 3.05) is 6.61 Å². The summed E-state index contributed by atoms with van der Waals surface area (Å²) in [5.41, 5.74) is 0.0514. The summed E-state index contributed by atoms with van der Waals surface area (Å²) in [4.78, 5) is 11.4. The molecule has 0 saturated carbocycles. The zero-order chi connectivity index (χ0) is 13.0. The van der Waals surface area contributed by atoms with Gasteiger partial charge in [-0.05, 0) is 17.3 Å². The minimum absolute atomic E-state index is 0.0710. The molecule has 0 bridgehead atoms. The van der Waals surface area contributed by atoms with E-state index in [2.05, 4.69) is 41.5 Å². The Kier molecular flexibility index (Phi) is 5.47. The molecular formula is C13H26O3. The van der Waals surface area contributed by atoms with Crippen LogP contribution < -0.4 is 0 Å². The lowest BCUT2D eigenvalue weighted by Gasteiger charge is -2.34. The number of carbonyl (C=O) groups is 1. The van der Waals surface area contributed by atoms with Crippen LogP contribution in [-0.4, -0.2) is 23.8 Å². The highest BCUT2D eigenvalue weighted by atomic mass is 16.5. The van der Waals surface area contributed by atoms with Crippen LogP contribution in [0, 0.1) is 10.8 Å². The summed E-state index contributed by atoms with van der Waals surface area (Å²) >= 11 is 0. The molecule has 0 aromatic carbocycles.